The first-order valence-electron chi connectivity index (χ1n) is 11.9. The first-order chi connectivity index (χ1) is 18.3. The van der Waals surface area contributed by atoms with Gasteiger partial charge in [0.2, 0.25) is 17.8 Å². The molecule has 0 aliphatic rings. The molecule has 3 aromatic rings. The number of primary amides is 1. The standard InChI is InChI=1S/C27H29N7O4/c1-3-14-29-25-22(16-30-27(34-25)33-18-10-8-17(9-11-18)24(28)37)26(38)32-20-7-5-6-19(15-20)31-23(36)13-12-21(35)4-2/h4-11,15-16H,2-3,12-14H2,1H3,(H2,28,37)(H,31,36)(H,32,38)(H2,29,30,33,34). The third-order valence-corrected chi connectivity index (χ3v) is 5.23. The van der Waals surface area contributed by atoms with Crippen LogP contribution in [0.2, 0.25) is 0 Å². The van der Waals surface area contributed by atoms with Gasteiger partial charge in [-0.3, -0.25) is 19.2 Å². The number of carbonyl (C=O) groups is 4. The van der Waals surface area contributed by atoms with Crippen LogP contribution in [-0.4, -0.2) is 40.0 Å². The lowest BCUT2D eigenvalue weighted by molar-refractivity contribution is -0.120. The van der Waals surface area contributed by atoms with E-state index < -0.39 is 11.8 Å². The van der Waals surface area contributed by atoms with E-state index in [2.05, 4.69) is 37.8 Å². The van der Waals surface area contributed by atoms with Gasteiger partial charge in [-0.1, -0.05) is 19.6 Å². The molecule has 0 aliphatic carbocycles. The van der Waals surface area contributed by atoms with Crippen molar-refractivity contribution in [1.82, 2.24) is 9.97 Å². The van der Waals surface area contributed by atoms with E-state index in [0.29, 0.717) is 35.0 Å². The van der Waals surface area contributed by atoms with Crippen LogP contribution in [0.25, 0.3) is 0 Å². The maximum atomic E-state index is 13.1. The molecule has 1 aromatic heterocycles. The van der Waals surface area contributed by atoms with Crippen molar-refractivity contribution in [2.75, 3.05) is 27.8 Å². The molecule has 0 atom stereocenters. The summed E-state index contributed by atoms with van der Waals surface area (Å²) in [6.07, 6.45) is 3.50. The molecule has 1 heterocycles. The van der Waals surface area contributed by atoms with Crippen LogP contribution >= 0.6 is 0 Å². The van der Waals surface area contributed by atoms with Gasteiger partial charge in [0.05, 0.1) is 0 Å². The highest BCUT2D eigenvalue weighted by atomic mass is 16.2. The maximum Gasteiger partial charge on any atom is 0.260 e. The number of aromatic nitrogens is 2. The van der Waals surface area contributed by atoms with Gasteiger partial charge in [0, 0.05) is 48.2 Å². The van der Waals surface area contributed by atoms with Crippen LogP contribution in [0.3, 0.4) is 0 Å². The number of hydrogen-bond donors (Lipinski definition) is 5. The highest BCUT2D eigenvalue weighted by Gasteiger charge is 2.16. The van der Waals surface area contributed by atoms with Gasteiger partial charge < -0.3 is 27.0 Å². The quantitative estimate of drug-likeness (QED) is 0.214. The molecule has 0 spiro atoms. The van der Waals surface area contributed by atoms with Gasteiger partial charge in [-0.05, 0) is 55.0 Å². The van der Waals surface area contributed by atoms with Crippen molar-refractivity contribution in [1.29, 1.82) is 0 Å². The largest absolute Gasteiger partial charge is 0.369 e. The summed E-state index contributed by atoms with van der Waals surface area (Å²) in [5.74, 6) is -0.907. The summed E-state index contributed by atoms with van der Waals surface area (Å²) in [5.41, 5.74) is 7.44. The van der Waals surface area contributed by atoms with Gasteiger partial charge in [-0.25, -0.2) is 4.98 Å². The summed E-state index contributed by atoms with van der Waals surface area (Å²) in [7, 11) is 0. The summed E-state index contributed by atoms with van der Waals surface area (Å²) >= 11 is 0. The molecule has 0 aliphatic heterocycles. The van der Waals surface area contributed by atoms with Gasteiger partial charge in [0.1, 0.15) is 11.4 Å². The summed E-state index contributed by atoms with van der Waals surface area (Å²) in [6.45, 7) is 5.96. The monoisotopic (exact) mass is 515 g/mol. The molecule has 6 N–H and O–H groups in total. The van der Waals surface area contributed by atoms with Crippen LogP contribution in [0.1, 0.15) is 46.9 Å². The third-order valence-electron chi connectivity index (χ3n) is 5.23. The molecular formula is C27H29N7O4. The van der Waals surface area contributed by atoms with Gasteiger partial charge in [-0.2, -0.15) is 4.98 Å². The molecule has 0 fully saturated rings. The fraction of sp³-hybridized carbons (Fsp3) is 0.185. The van der Waals surface area contributed by atoms with Crippen molar-refractivity contribution in [3.8, 4) is 0 Å². The Morgan fingerprint density at radius 2 is 1.68 bits per heavy atom. The number of carbonyl (C=O) groups excluding carboxylic acids is 4. The van der Waals surface area contributed by atoms with E-state index in [9.17, 15) is 19.2 Å². The number of amides is 3. The Labute approximate surface area is 219 Å². The zero-order chi connectivity index (χ0) is 27.5. The zero-order valence-corrected chi connectivity index (χ0v) is 20.9. The number of rotatable bonds is 13. The average Bonchev–Trinajstić information content (AvgIpc) is 2.91. The van der Waals surface area contributed by atoms with Crippen molar-refractivity contribution >= 4 is 52.3 Å². The Balaban J connectivity index is 1.72. The number of hydrogen-bond acceptors (Lipinski definition) is 8. The Morgan fingerprint density at radius 1 is 0.974 bits per heavy atom. The first kappa shape index (κ1) is 27.5. The average molecular weight is 516 g/mol. The number of nitrogens with two attached hydrogens (primary N) is 1. The molecule has 2 aromatic carbocycles. The van der Waals surface area contributed by atoms with Gasteiger partial charge in [0.25, 0.3) is 5.91 Å². The molecule has 11 heteroatoms. The molecular weight excluding hydrogens is 486 g/mol. The highest BCUT2D eigenvalue weighted by Crippen LogP contribution is 2.21. The lowest BCUT2D eigenvalue weighted by Crippen LogP contribution is -2.18. The molecule has 0 unspecified atom stereocenters. The van der Waals surface area contributed by atoms with Gasteiger partial charge in [-0.15, -0.1) is 0 Å². The number of nitrogens with zero attached hydrogens (tertiary/aromatic N) is 2. The summed E-state index contributed by atoms with van der Waals surface area (Å²) in [5, 5.41) is 11.7. The van der Waals surface area contributed by atoms with E-state index in [-0.39, 0.29) is 36.0 Å². The van der Waals surface area contributed by atoms with Crippen molar-refractivity contribution in [2.45, 2.75) is 26.2 Å². The number of anilines is 5. The number of ketones is 1. The third kappa shape index (κ3) is 7.98. The predicted octanol–water partition coefficient (Wildman–Crippen LogP) is 3.87. The van der Waals surface area contributed by atoms with Crippen molar-refractivity contribution in [3.05, 3.63) is 78.5 Å². The smallest absolute Gasteiger partial charge is 0.260 e. The molecule has 0 saturated heterocycles. The Morgan fingerprint density at radius 3 is 2.34 bits per heavy atom. The molecule has 38 heavy (non-hydrogen) atoms. The van der Waals surface area contributed by atoms with Crippen molar-refractivity contribution < 1.29 is 19.2 Å². The fourth-order valence-electron chi connectivity index (χ4n) is 3.27. The topological polar surface area (TPSA) is 168 Å². The van der Waals surface area contributed by atoms with Gasteiger partial charge in [0.15, 0.2) is 5.78 Å². The lowest BCUT2D eigenvalue weighted by atomic mass is 10.2. The summed E-state index contributed by atoms with van der Waals surface area (Å²) in [6, 6.07) is 13.2. The molecule has 11 nitrogen and oxygen atoms in total. The fourth-order valence-corrected chi connectivity index (χ4v) is 3.27. The predicted molar refractivity (Wildman–Crippen MR) is 147 cm³/mol. The normalized spacial score (nSPS) is 10.2. The Hall–Kier alpha value is -5.06. The van der Waals surface area contributed by atoms with Crippen LogP contribution in [0, 0.1) is 0 Å². The number of allylic oxidation sites excluding steroid dienone is 1. The number of benzene rings is 2. The van der Waals surface area contributed by atoms with Gasteiger partial charge >= 0.3 is 0 Å². The summed E-state index contributed by atoms with van der Waals surface area (Å²) in [4.78, 5) is 56.5. The molecule has 3 rings (SSSR count). The van der Waals surface area contributed by atoms with Crippen molar-refractivity contribution in [2.24, 2.45) is 5.73 Å². The highest BCUT2D eigenvalue weighted by molar-refractivity contribution is 6.07. The zero-order valence-electron chi connectivity index (χ0n) is 20.9. The van der Waals surface area contributed by atoms with Crippen LogP contribution < -0.4 is 27.0 Å². The van der Waals surface area contributed by atoms with E-state index in [4.69, 9.17) is 5.73 Å². The molecule has 0 radical (unpaired) electrons. The first-order valence-corrected chi connectivity index (χ1v) is 11.9. The minimum Gasteiger partial charge on any atom is -0.369 e. The van der Waals surface area contributed by atoms with E-state index >= 15 is 0 Å². The lowest BCUT2D eigenvalue weighted by Gasteiger charge is -2.13. The maximum absolute atomic E-state index is 13.1. The molecule has 0 saturated carbocycles. The molecule has 3 amide bonds. The van der Waals surface area contributed by atoms with Crippen LogP contribution in [0.4, 0.5) is 28.8 Å². The second-order valence-electron chi connectivity index (χ2n) is 8.20. The Bertz CT molecular complexity index is 1340. The Kier molecular flexibility index (Phi) is 9.64. The summed E-state index contributed by atoms with van der Waals surface area (Å²) < 4.78 is 0. The van der Waals surface area contributed by atoms with E-state index in [1.165, 1.54) is 12.3 Å². The van der Waals surface area contributed by atoms with E-state index in [0.717, 1.165) is 6.42 Å². The minimum absolute atomic E-state index is 0.0287. The second kappa shape index (κ2) is 13.3. The number of nitrogens with one attached hydrogen (secondary N) is 4. The minimum atomic E-state index is -0.526. The van der Waals surface area contributed by atoms with Crippen LogP contribution in [-0.2, 0) is 9.59 Å². The molecule has 196 valence electrons. The van der Waals surface area contributed by atoms with Crippen molar-refractivity contribution in [3.63, 3.8) is 0 Å². The van der Waals surface area contributed by atoms with E-state index in [1.807, 2.05) is 6.92 Å². The van der Waals surface area contributed by atoms with Crippen LogP contribution in [0.5, 0.6) is 0 Å². The van der Waals surface area contributed by atoms with E-state index in [1.54, 1.807) is 48.5 Å². The van der Waals surface area contributed by atoms with Crippen LogP contribution in [0.15, 0.2) is 67.4 Å². The SMILES string of the molecule is C=CC(=O)CCC(=O)Nc1cccc(NC(=O)c2cnc(Nc3ccc(C(N)=O)cc3)nc2NCCC)c1. The second-order valence-corrected chi connectivity index (χ2v) is 8.20. The molecule has 0 bridgehead atoms.